The topological polar surface area (TPSA) is 137 Å². The van der Waals surface area contributed by atoms with E-state index in [2.05, 4.69) is 30.7 Å². The zero-order chi connectivity index (χ0) is 22.7. The first-order chi connectivity index (χ1) is 13.8. The number of hydrogen-bond acceptors (Lipinski definition) is 5. The maximum Gasteiger partial charge on any atom is 0.490 e. The lowest BCUT2D eigenvalue weighted by Crippen LogP contribution is -2.23. The van der Waals surface area contributed by atoms with Gasteiger partial charge in [-0.25, -0.2) is 14.2 Å². The van der Waals surface area contributed by atoms with Gasteiger partial charge in [-0.15, -0.1) is 0 Å². The van der Waals surface area contributed by atoms with Crippen LogP contribution in [0.3, 0.4) is 0 Å². The molecule has 2 aromatic heterocycles. The number of benzene rings is 1. The summed E-state index contributed by atoms with van der Waals surface area (Å²) in [5.41, 5.74) is 1.47. The highest BCUT2D eigenvalue weighted by Gasteiger charge is 2.38. The van der Waals surface area contributed by atoms with E-state index < -0.39 is 23.9 Å². The zero-order valence-corrected chi connectivity index (χ0v) is 16.1. The first kappa shape index (κ1) is 22.8. The molecule has 3 rings (SSSR count). The van der Waals surface area contributed by atoms with E-state index in [0.29, 0.717) is 11.0 Å². The molecule has 0 radical (unpaired) electrons. The van der Waals surface area contributed by atoms with Crippen molar-refractivity contribution >= 4 is 22.9 Å². The summed E-state index contributed by atoms with van der Waals surface area (Å²) < 4.78 is 45.3. The van der Waals surface area contributed by atoms with Crippen LogP contribution in [0.25, 0.3) is 11.0 Å². The lowest BCUT2D eigenvalue weighted by Gasteiger charge is -2.14. The minimum absolute atomic E-state index is 0.0995. The lowest BCUT2D eigenvalue weighted by atomic mass is 9.96. The minimum Gasteiger partial charge on any atom is -0.475 e. The van der Waals surface area contributed by atoms with E-state index in [1.54, 1.807) is 6.20 Å². The molecule has 9 nitrogen and oxygen atoms in total. The summed E-state index contributed by atoms with van der Waals surface area (Å²) in [6.07, 6.45) is -3.40. The van der Waals surface area contributed by atoms with Gasteiger partial charge in [0.1, 0.15) is 22.7 Å². The zero-order valence-electron chi connectivity index (χ0n) is 16.1. The molecular formula is C17H18F4N6O3. The van der Waals surface area contributed by atoms with Crippen LogP contribution in [0.5, 0.6) is 0 Å². The van der Waals surface area contributed by atoms with Crippen LogP contribution in [0.2, 0.25) is 0 Å². The second-order valence-corrected chi connectivity index (χ2v) is 7.14. The molecule has 0 aliphatic rings. The number of aromatic nitrogens is 5. The van der Waals surface area contributed by atoms with Crippen molar-refractivity contribution < 1.29 is 32.3 Å². The predicted molar refractivity (Wildman–Crippen MR) is 96.0 cm³/mol. The van der Waals surface area contributed by atoms with Crippen LogP contribution in [0, 0.1) is 5.82 Å². The van der Waals surface area contributed by atoms with Crippen molar-refractivity contribution in [3.8, 4) is 0 Å². The molecule has 2 heterocycles. The third kappa shape index (κ3) is 5.75. The molecule has 0 bridgehead atoms. The lowest BCUT2D eigenvalue weighted by molar-refractivity contribution is -0.192. The molecule has 3 aromatic rings. The Morgan fingerprint density at radius 3 is 2.33 bits per heavy atom. The maximum absolute atomic E-state index is 13.6. The number of halogens is 4. The number of nitrogens with one attached hydrogen (secondary N) is 3. The number of carbonyl (C=O) groups excluding carboxylic acids is 1. The number of carboxylic acids is 1. The standard InChI is InChI=1S/C15H17FN6O.C2HF3O2/c1-15(2,3)14-18-7-9(19-14)6-17-13(23)10-4-8(16)5-11-12(10)21-22-20-11;3-2(4,5)1(6)7/h4-5,7H,6H2,1-3H3,(H,17,23)(H,18,19)(H,20,21,22);(H,6,7). The summed E-state index contributed by atoms with van der Waals surface area (Å²) in [4.78, 5) is 28.7. The van der Waals surface area contributed by atoms with Gasteiger partial charge in [-0.1, -0.05) is 20.8 Å². The molecule has 0 aliphatic carbocycles. The minimum atomic E-state index is -5.08. The monoisotopic (exact) mass is 430 g/mol. The Balaban J connectivity index is 0.000000396. The molecule has 0 fully saturated rings. The van der Waals surface area contributed by atoms with E-state index in [0.717, 1.165) is 17.6 Å². The number of nitrogens with zero attached hydrogens (tertiary/aromatic N) is 3. The number of fused-ring (bicyclic) bond motifs is 1. The molecule has 0 unspecified atom stereocenters. The molecule has 13 heteroatoms. The van der Waals surface area contributed by atoms with Gasteiger partial charge in [0.25, 0.3) is 5.91 Å². The second kappa shape index (κ2) is 8.47. The summed E-state index contributed by atoms with van der Waals surface area (Å²) >= 11 is 0. The highest BCUT2D eigenvalue weighted by Crippen LogP contribution is 2.19. The third-order valence-electron chi connectivity index (χ3n) is 3.65. The van der Waals surface area contributed by atoms with Crippen LogP contribution in [-0.2, 0) is 16.8 Å². The van der Waals surface area contributed by atoms with Crippen molar-refractivity contribution in [3.05, 3.63) is 41.2 Å². The number of imidazole rings is 1. The highest BCUT2D eigenvalue weighted by atomic mass is 19.4. The van der Waals surface area contributed by atoms with Gasteiger partial charge in [-0.2, -0.15) is 28.6 Å². The van der Waals surface area contributed by atoms with Crippen LogP contribution < -0.4 is 5.32 Å². The fourth-order valence-electron chi connectivity index (χ4n) is 2.19. The molecule has 0 saturated carbocycles. The number of amides is 1. The number of hydrogen-bond donors (Lipinski definition) is 4. The van der Waals surface area contributed by atoms with E-state index in [9.17, 15) is 22.4 Å². The SMILES string of the molecule is CC(C)(C)c1ncc(CNC(=O)c2cc(F)cc3n[nH]nc23)[nH]1.O=C(O)C(F)(F)F. The van der Waals surface area contributed by atoms with Gasteiger partial charge >= 0.3 is 12.1 Å². The number of H-pyrrole nitrogens is 2. The third-order valence-corrected chi connectivity index (χ3v) is 3.65. The molecule has 30 heavy (non-hydrogen) atoms. The summed E-state index contributed by atoms with van der Waals surface area (Å²) in [5, 5.41) is 19.9. The van der Waals surface area contributed by atoms with Crippen molar-refractivity contribution in [1.82, 2.24) is 30.7 Å². The largest absolute Gasteiger partial charge is 0.490 e. The molecule has 4 N–H and O–H groups in total. The van der Waals surface area contributed by atoms with E-state index in [1.165, 1.54) is 6.07 Å². The average Bonchev–Trinajstić information content (AvgIpc) is 3.27. The van der Waals surface area contributed by atoms with Crippen molar-refractivity contribution in [2.24, 2.45) is 0 Å². The van der Waals surface area contributed by atoms with E-state index in [4.69, 9.17) is 9.90 Å². The van der Waals surface area contributed by atoms with Crippen molar-refractivity contribution in [1.29, 1.82) is 0 Å². The van der Waals surface area contributed by atoms with Gasteiger partial charge in [-0.05, 0) is 6.07 Å². The Morgan fingerprint density at radius 2 is 1.80 bits per heavy atom. The molecular weight excluding hydrogens is 412 g/mol. The quantitative estimate of drug-likeness (QED) is 0.472. The number of carbonyl (C=O) groups is 2. The van der Waals surface area contributed by atoms with Crippen LogP contribution >= 0.6 is 0 Å². The van der Waals surface area contributed by atoms with E-state index in [-0.39, 0.29) is 17.5 Å². The second-order valence-electron chi connectivity index (χ2n) is 7.14. The number of alkyl halides is 3. The summed E-state index contributed by atoms with van der Waals surface area (Å²) in [6, 6.07) is 2.37. The van der Waals surface area contributed by atoms with Crippen molar-refractivity contribution in [3.63, 3.8) is 0 Å². The van der Waals surface area contributed by atoms with Crippen molar-refractivity contribution in [2.75, 3.05) is 0 Å². The Morgan fingerprint density at radius 1 is 1.17 bits per heavy atom. The Kier molecular flexibility index (Phi) is 6.43. The molecule has 0 spiro atoms. The smallest absolute Gasteiger partial charge is 0.475 e. The highest BCUT2D eigenvalue weighted by molar-refractivity contribution is 6.04. The van der Waals surface area contributed by atoms with Gasteiger partial charge in [0.2, 0.25) is 0 Å². The number of aliphatic carboxylic acids is 1. The van der Waals surface area contributed by atoms with Gasteiger partial charge in [0.05, 0.1) is 24.0 Å². The normalized spacial score (nSPS) is 11.7. The molecule has 0 saturated heterocycles. The molecule has 1 amide bonds. The van der Waals surface area contributed by atoms with Crippen LogP contribution in [0.15, 0.2) is 18.3 Å². The average molecular weight is 430 g/mol. The molecule has 0 atom stereocenters. The molecule has 0 aliphatic heterocycles. The molecule has 1 aromatic carbocycles. The van der Waals surface area contributed by atoms with Gasteiger partial charge in [-0.3, -0.25) is 4.79 Å². The predicted octanol–water partition coefficient (Wildman–Crippen LogP) is 2.68. The Labute approximate surface area is 166 Å². The van der Waals surface area contributed by atoms with Crippen LogP contribution in [0.1, 0.15) is 42.6 Å². The number of carboxylic acid groups (broad SMARTS) is 1. The van der Waals surface area contributed by atoms with Crippen molar-refractivity contribution in [2.45, 2.75) is 38.9 Å². The van der Waals surface area contributed by atoms with E-state index >= 15 is 0 Å². The Hall–Kier alpha value is -3.51. The summed E-state index contributed by atoms with van der Waals surface area (Å²) in [5.74, 6) is -2.87. The van der Waals surface area contributed by atoms with Gasteiger partial charge in [0, 0.05) is 11.5 Å². The summed E-state index contributed by atoms with van der Waals surface area (Å²) in [6.45, 7) is 6.39. The first-order valence-electron chi connectivity index (χ1n) is 8.41. The number of aromatic amines is 2. The van der Waals surface area contributed by atoms with E-state index in [1.807, 2.05) is 20.8 Å². The van der Waals surface area contributed by atoms with Gasteiger partial charge in [0.15, 0.2) is 0 Å². The van der Waals surface area contributed by atoms with Gasteiger partial charge < -0.3 is 15.4 Å². The first-order valence-corrected chi connectivity index (χ1v) is 8.41. The summed E-state index contributed by atoms with van der Waals surface area (Å²) in [7, 11) is 0. The van der Waals surface area contributed by atoms with Crippen LogP contribution in [0.4, 0.5) is 17.6 Å². The molecule has 162 valence electrons. The van der Waals surface area contributed by atoms with Crippen LogP contribution in [-0.4, -0.2) is 48.5 Å². The number of rotatable bonds is 3. The maximum atomic E-state index is 13.6. The fourth-order valence-corrected chi connectivity index (χ4v) is 2.19. The Bertz CT molecular complexity index is 1050. The fraction of sp³-hybridized carbons (Fsp3) is 0.353.